The number of nitrogens with zero attached hydrogens (tertiary/aromatic N) is 2. The minimum Gasteiger partial charge on any atom is -0.490 e. The molecule has 1 saturated heterocycles. The van der Waals surface area contributed by atoms with Crippen LogP contribution in [0.5, 0.6) is 17.4 Å². The number of hydrogen-bond donors (Lipinski definition) is 3. The average Bonchev–Trinajstić information content (AvgIpc) is 3.48. The SMILES string of the molecule is O=C(Cc1ccc(Oc2ccc(OC3CCN(C(=O)c4cc5ccccc5[nH]4)CC3)cc2)nc1)Nc1ccccc1C(=O)O. The number of carbonyl (C=O) groups excluding carboxylic acids is 2. The molecule has 5 aromatic rings. The third kappa shape index (κ3) is 6.70. The van der Waals surface area contributed by atoms with Gasteiger partial charge < -0.3 is 29.8 Å². The lowest BCUT2D eigenvalue weighted by atomic mass is 10.1. The molecular weight excluding hydrogens is 560 g/mol. The van der Waals surface area contributed by atoms with E-state index in [0.717, 1.165) is 29.5 Å². The zero-order chi connectivity index (χ0) is 30.5. The molecule has 2 aromatic heterocycles. The molecule has 0 radical (unpaired) electrons. The molecule has 1 aliphatic heterocycles. The predicted molar refractivity (Wildman–Crippen MR) is 164 cm³/mol. The maximum Gasteiger partial charge on any atom is 0.337 e. The fraction of sp³-hybridized carbons (Fsp3) is 0.176. The molecule has 6 rings (SSSR count). The second-order valence-corrected chi connectivity index (χ2v) is 10.5. The molecule has 44 heavy (non-hydrogen) atoms. The normalized spacial score (nSPS) is 13.4. The Kier molecular flexibility index (Phi) is 8.22. The van der Waals surface area contributed by atoms with Crippen molar-refractivity contribution in [2.75, 3.05) is 18.4 Å². The van der Waals surface area contributed by atoms with E-state index in [1.807, 2.05) is 47.4 Å². The average molecular weight is 591 g/mol. The number of H-pyrrole nitrogens is 1. The molecule has 10 nitrogen and oxygen atoms in total. The number of carboxylic acid groups (broad SMARTS) is 1. The molecule has 2 amide bonds. The van der Waals surface area contributed by atoms with Crippen molar-refractivity contribution in [1.29, 1.82) is 0 Å². The summed E-state index contributed by atoms with van der Waals surface area (Å²) in [5.41, 5.74) is 2.48. The number of aromatic amines is 1. The Morgan fingerprint density at radius 3 is 2.36 bits per heavy atom. The molecule has 1 aliphatic rings. The highest BCUT2D eigenvalue weighted by Crippen LogP contribution is 2.26. The number of fused-ring (bicyclic) bond motifs is 1. The van der Waals surface area contributed by atoms with Crippen molar-refractivity contribution in [2.24, 2.45) is 0 Å². The quantitative estimate of drug-likeness (QED) is 0.194. The van der Waals surface area contributed by atoms with Crippen LogP contribution in [-0.4, -0.2) is 57.0 Å². The Morgan fingerprint density at radius 2 is 1.64 bits per heavy atom. The Labute approximate surface area is 253 Å². The van der Waals surface area contributed by atoms with E-state index in [0.29, 0.717) is 36.0 Å². The topological polar surface area (TPSA) is 134 Å². The van der Waals surface area contributed by atoms with E-state index < -0.39 is 5.97 Å². The van der Waals surface area contributed by atoms with Gasteiger partial charge in [0.25, 0.3) is 5.91 Å². The maximum absolute atomic E-state index is 13.0. The van der Waals surface area contributed by atoms with Crippen LogP contribution in [0.1, 0.15) is 39.3 Å². The number of nitrogens with one attached hydrogen (secondary N) is 2. The number of carbonyl (C=O) groups is 3. The molecule has 0 bridgehead atoms. The Bertz CT molecular complexity index is 1760. The summed E-state index contributed by atoms with van der Waals surface area (Å²) in [4.78, 5) is 46.2. The van der Waals surface area contributed by atoms with Crippen LogP contribution in [0, 0.1) is 0 Å². The Balaban J connectivity index is 0.965. The van der Waals surface area contributed by atoms with Crippen LogP contribution in [0.2, 0.25) is 0 Å². The number of carboxylic acids is 1. The maximum atomic E-state index is 13.0. The van der Waals surface area contributed by atoms with Crippen molar-refractivity contribution < 1.29 is 29.0 Å². The predicted octanol–water partition coefficient (Wildman–Crippen LogP) is 5.92. The van der Waals surface area contributed by atoms with Gasteiger partial charge in [-0.05, 0) is 54.1 Å². The molecular formula is C34H30N4O6. The van der Waals surface area contributed by atoms with Gasteiger partial charge in [-0.25, -0.2) is 9.78 Å². The molecule has 3 N–H and O–H groups in total. The van der Waals surface area contributed by atoms with E-state index in [2.05, 4.69) is 15.3 Å². The second-order valence-electron chi connectivity index (χ2n) is 10.5. The lowest BCUT2D eigenvalue weighted by molar-refractivity contribution is -0.115. The van der Waals surface area contributed by atoms with Gasteiger partial charge in [-0.15, -0.1) is 0 Å². The number of rotatable bonds is 9. The smallest absolute Gasteiger partial charge is 0.337 e. The van der Waals surface area contributed by atoms with Gasteiger partial charge >= 0.3 is 5.97 Å². The Morgan fingerprint density at radius 1 is 0.909 bits per heavy atom. The summed E-state index contributed by atoms with van der Waals surface area (Å²) >= 11 is 0. The number of benzene rings is 3. The van der Waals surface area contributed by atoms with E-state index >= 15 is 0 Å². The third-order valence-electron chi connectivity index (χ3n) is 7.43. The zero-order valence-electron chi connectivity index (χ0n) is 23.7. The van der Waals surface area contributed by atoms with Gasteiger partial charge in [0, 0.05) is 49.1 Å². The molecule has 0 unspecified atom stereocenters. The van der Waals surface area contributed by atoms with Gasteiger partial charge in [-0.1, -0.05) is 36.4 Å². The molecule has 0 saturated carbocycles. The van der Waals surface area contributed by atoms with Gasteiger partial charge in [0.1, 0.15) is 23.3 Å². The third-order valence-corrected chi connectivity index (χ3v) is 7.43. The first-order valence-electron chi connectivity index (χ1n) is 14.3. The summed E-state index contributed by atoms with van der Waals surface area (Å²) in [5.74, 6) is 0.213. The highest BCUT2D eigenvalue weighted by Gasteiger charge is 2.25. The van der Waals surface area contributed by atoms with Crippen LogP contribution >= 0.6 is 0 Å². The number of amides is 2. The second kappa shape index (κ2) is 12.7. The van der Waals surface area contributed by atoms with Crippen molar-refractivity contribution in [3.63, 3.8) is 0 Å². The molecule has 0 spiro atoms. The molecule has 1 fully saturated rings. The Hall–Kier alpha value is -5.64. The van der Waals surface area contributed by atoms with Crippen LogP contribution in [0.4, 0.5) is 5.69 Å². The number of aromatic nitrogens is 2. The highest BCUT2D eigenvalue weighted by atomic mass is 16.5. The molecule has 0 atom stereocenters. The molecule has 3 heterocycles. The first kappa shape index (κ1) is 28.5. The first-order valence-corrected chi connectivity index (χ1v) is 14.3. The van der Waals surface area contributed by atoms with Crippen LogP contribution in [0.25, 0.3) is 10.9 Å². The van der Waals surface area contributed by atoms with E-state index in [1.54, 1.807) is 48.7 Å². The van der Waals surface area contributed by atoms with Crippen molar-refractivity contribution in [2.45, 2.75) is 25.4 Å². The van der Waals surface area contributed by atoms with Crippen molar-refractivity contribution in [1.82, 2.24) is 14.9 Å². The van der Waals surface area contributed by atoms with Crippen LogP contribution in [0.3, 0.4) is 0 Å². The molecule has 10 heteroatoms. The summed E-state index contributed by atoms with van der Waals surface area (Å²) in [7, 11) is 0. The minimum atomic E-state index is -1.11. The van der Waals surface area contributed by atoms with Crippen molar-refractivity contribution in [3.05, 3.63) is 114 Å². The number of anilines is 1. The number of hydrogen-bond acceptors (Lipinski definition) is 6. The number of piperidine rings is 1. The molecule has 3 aromatic carbocycles. The van der Waals surface area contributed by atoms with Crippen molar-refractivity contribution in [3.8, 4) is 17.4 Å². The van der Waals surface area contributed by atoms with E-state index in [9.17, 15) is 19.5 Å². The van der Waals surface area contributed by atoms with Gasteiger partial charge in [0.2, 0.25) is 11.8 Å². The summed E-state index contributed by atoms with van der Waals surface area (Å²) in [5, 5.41) is 13.0. The summed E-state index contributed by atoms with van der Waals surface area (Å²) in [6.07, 6.45) is 3.07. The number of likely N-dealkylation sites (tertiary alicyclic amines) is 1. The number of ether oxygens (including phenoxy) is 2. The van der Waals surface area contributed by atoms with Gasteiger partial charge in [-0.3, -0.25) is 9.59 Å². The van der Waals surface area contributed by atoms with Gasteiger partial charge in [0.05, 0.1) is 17.7 Å². The number of aromatic carboxylic acids is 1. The largest absolute Gasteiger partial charge is 0.490 e. The molecule has 0 aliphatic carbocycles. The van der Waals surface area contributed by atoms with Gasteiger partial charge in [0.15, 0.2) is 0 Å². The summed E-state index contributed by atoms with van der Waals surface area (Å²) in [6.45, 7) is 1.25. The number of para-hydroxylation sites is 2. The van der Waals surface area contributed by atoms with Gasteiger partial charge in [-0.2, -0.15) is 0 Å². The fourth-order valence-corrected chi connectivity index (χ4v) is 5.17. The van der Waals surface area contributed by atoms with Crippen molar-refractivity contribution >= 4 is 34.4 Å². The summed E-state index contributed by atoms with van der Waals surface area (Å²) < 4.78 is 12.0. The first-order chi connectivity index (χ1) is 21.4. The van der Waals surface area contributed by atoms with E-state index in [-0.39, 0.29) is 35.6 Å². The molecule has 222 valence electrons. The standard InChI is InChI=1S/C34H30N4O6/c39-31(37-29-8-4-2-6-27(29)34(41)42)19-22-9-14-32(35-21-22)44-25-12-10-24(11-13-25)43-26-15-17-38(18-16-26)33(40)30-20-23-5-1-3-7-28(23)36-30/h1-14,20-21,26,36H,15-19H2,(H,37,39)(H,41,42). The minimum absolute atomic E-state index is 0.00701. The van der Waals surface area contributed by atoms with Crippen LogP contribution < -0.4 is 14.8 Å². The lowest BCUT2D eigenvalue weighted by Gasteiger charge is -2.32. The summed E-state index contributed by atoms with van der Waals surface area (Å²) in [6, 6.07) is 26.7. The number of pyridine rings is 1. The van der Waals surface area contributed by atoms with Crippen LogP contribution in [-0.2, 0) is 11.2 Å². The van der Waals surface area contributed by atoms with E-state index in [1.165, 1.54) is 6.07 Å². The lowest BCUT2D eigenvalue weighted by Crippen LogP contribution is -2.41. The zero-order valence-corrected chi connectivity index (χ0v) is 23.7. The fourth-order valence-electron chi connectivity index (χ4n) is 5.17. The van der Waals surface area contributed by atoms with Crippen LogP contribution in [0.15, 0.2) is 97.2 Å². The highest BCUT2D eigenvalue weighted by molar-refractivity contribution is 6.01. The monoisotopic (exact) mass is 590 g/mol. The van der Waals surface area contributed by atoms with E-state index in [4.69, 9.17) is 9.47 Å².